The van der Waals surface area contributed by atoms with Crippen molar-refractivity contribution in [3.8, 4) is 0 Å². The molecule has 0 aliphatic carbocycles. The normalized spacial score (nSPS) is 16.6. The van der Waals surface area contributed by atoms with Crippen LogP contribution in [0.5, 0.6) is 0 Å². The molecule has 2 amide bonds. The first-order valence-electron chi connectivity index (χ1n) is 7.66. The van der Waals surface area contributed by atoms with E-state index < -0.39 is 16.7 Å². The predicted molar refractivity (Wildman–Crippen MR) is 96.3 cm³/mol. The second kappa shape index (κ2) is 7.20. The van der Waals surface area contributed by atoms with E-state index in [0.717, 1.165) is 0 Å². The van der Waals surface area contributed by atoms with Crippen LogP contribution >= 0.6 is 15.9 Å². The summed E-state index contributed by atoms with van der Waals surface area (Å²) in [6, 6.07) is 9.48. The van der Waals surface area contributed by atoms with E-state index >= 15 is 0 Å². The van der Waals surface area contributed by atoms with Crippen LogP contribution in [0.1, 0.15) is 6.42 Å². The van der Waals surface area contributed by atoms with E-state index in [9.17, 15) is 24.1 Å². The zero-order valence-corrected chi connectivity index (χ0v) is 14.9. The number of halogens is 2. The van der Waals surface area contributed by atoms with Gasteiger partial charge in [0, 0.05) is 35.3 Å². The molecule has 0 unspecified atom stereocenters. The van der Waals surface area contributed by atoms with Crippen molar-refractivity contribution in [1.82, 2.24) is 0 Å². The van der Waals surface area contributed by atoms with Crippen molar-refractivity contribution < 1.29 is 18.9 Å². The molecule has 0 saturated carbocycles. The van der Waals surface area contributed by atoms with E-state index in [2.05, 4.69) is 21.2 Å². The van der Waals surface area contributed by atoms with Gasteiger partial charge in [0.25, 0.3) is 5.69 Å². The molecule has 1 atom stereocenters. The number of amides is 2. The summed E-state index contributed by atoms with van der Waals surface area (Å²) in [5.74, 6) is -1.57. The van der Waals surface area contributed by atoms with Crippen LogP contribution in [0.25, 0.3) is 0 Å². The van der Waals surface area contributed by atoms with E-state index in [4.69, 9.17) is 0 Å². The molecule has 0 radical (unpaired) electrons. The summed E-state index contributed by atoms with van der Waals surface area (Å²) < 4.78 is 13.4. The van der Waals surface area contributed by atoms with E-state index in [1.165, 1.54) is 47.4 Å². The molecule has 0 aromatic heterocycles. The van der Waals surface area contributed by atoms with Crippen molar-refractivity contribution in [2.45, 2.75) is 6.42 Å². The molecule has 1 aliphatic rings. The fraction of sp³-hybridized carbons (Fsp3) is 0.176. The second-order valence-corrected chi connectivity index (χ2v) is 6.65. The Kier molecular flexibility index (Phi) is 4.99. The van der Waals surface area contributed by atoms with Crippen LogP contribution in [0, 0.1) is 21.8 Å². The van der Waals surface area contributed by atoms with Crippen LogP contribution in [-0.4, -0.2) is 23.3 Å². The monoisotopic (exact) mass is 421 g/mol. The van der Waals surface area contributed by atoms with Gasteiger partial charge in [-0.1, -0.05) is 0 Å². The maximum Gasteiger partial charge on any atom is 0.270 e. The number of anilines is 2. The largest absolute Gasteiger partial charge is 0.325 e. The number of hydrogen-bond acceptors (Lipinski definition) is 4. The highest BCUT2D eigenvalue weighted by Crippen LogP contribution is 2.30. The smallest absolute Gasteiger partial charge is 0.270 e. The van der Waals surface area contributed by atoms with Gasteiger partial charge in [-0.2, -0.15) is 0 Å². The standard InChI is InChI=1S/C17H13BrFN3O4/c18-14-8-13(22(25)26)5-6-15(14)20-17(24)10-7-16(23)21(9-10)12-3-1-11(19)2-4-12/h1-6,8,10H,7,9H2,(H,20,24)/t10-/m0/s1. The fourth-order valence-electron chi connectivity index (χ4n) is 2.71. The van der Waals surface area contributed by atoms with Crippen molar-refractivity contribution in [2.75, 3.05) is 16.8 Å². The van der Waals surface area contributed by atoms with E-state index in [-0.39, 0.29) is 30.5 Å². The Labute approximate surface area is 156 Å². The molecule has 0 bridgehead atoms. The van der Waals surface area contributed by atoms with E-state index in [0.29, 0.717) is 15.8 Å². The predicted octanol–water partition coefficient (Wildman–Crippen LogP) is 3.49. The third-order valence-corrected chi connectivity index (χ3v) is 4.71. The molecule has 9 heteroatoms. The van der Waals surface area contributed by atoms with E-state index in [1.807, 2.05) is 0 Å². The van der Waals surface area contributed by atoms with Crippen LogP contribution in [0.2, 0.25) is 0 Å². The summed E-state index contributed by atoms with van der Waals surface area (Å²) in [6.07, 6.45) is 0.0355. The first-order chi connectivity index (χ1) is 12.3. The Morgan fingerprint density at radius 2 is 1.96 bits per heavy atom. The summed E-state index contributed by atoms with van der Waals surface area (Å²) in [7, 11) is 0. The van der Waals surface area contributed by atoms with Crippen molar-refractivity contribution in [1.29, 1.82) is 0 Å². The van der Waals surface area contributed by atoms with Gasteiger partial charge in [-0.3, -0.25) is 19.7 Å². The first-order valence-corrected chi connectivity index (χ1v) is 8.45. The number of nitrogens with zero attached hydrogens (tertiary/aromatic N) is 2. The highest BCUT2D eigenvalue weighted by atomic mass is 79.9. The van der Waals surface area contributed by atoms with Gasteiger partial charge in [-0.15, -0.1) is 0 Å². The zero-order valence-electron chi connectivity index (χ0n) is 13.3. The Hall–Kier alpha value is -2.81. The van der Waals surface area contributed by atoms with Crippen LogP contribution in [0.3, 0.4) is 0 Å². The number of carbonyl (C=O) groups excluding carboxylic acids is 2. The quantitative estimate of drug-likeness (QED) is 0.603. The third-order valence-electron chi connectivity index (χ3n) is 4.06. The summed E-state index contributed by atoms with van der Waals surface area (Å²) in [6.45, 7) is 0.181. The molecule has 1 fully saturated rings. The van der Waals surface area contributed by atoms with Gasteiger partial charge in [-0.25, -0.2) is 4.39 Å². The lowest BCUT2D eigenvalue weighted by molar-refractivity contribution is -0.384. The van der Waals surface area contributed by atoms with Crippen molar-refractivity contribution >= 4 is 44.8 Å². The van der Waals surface area contributed by atoms with Gasteiger partial charge < -0.3 is 10.2 Å². The molecule has 1 N–H and O–H groups in total. The fourth-order valence-corrected chi connectivity index (χ4v) is 3.17. The summed E-state index contributed by atoms with van der Waals surface area (Å²) in [4.78, 5) is 36.3. The number of nitro groups is 1. The third kappa shape index (κ3) is 3.72. The SMILES string of the molecule is O=C(Nc1ccc([N+](=O)[O-])cc1Br)[C@H]1CC(=O)N(c2ccc(F)cc2)C1. The minimum absolute atomic E-state index is 0.0355. The maximum atomic E-state index is 13.0. The first kappa shape index (κ1) is 18.0. The number of non-ortho nitro benzene ring substituents is 1. The Bertz CT molecular complexity index is 888. The molecular weight excluding hydrogens is 409 g/mol. The average Bonchev–Trinajstić information content (AvgIpc) is 2.99. The molecule has 26 heavy (non-hydrogen) atoms. The van der Waals surface area contributed by atoms with Crippen LogP contribution in [-0.2, 0) is 9.59 Å². The highest BCUT2D eigenvalue weighted by molar-refractivity contribution is 9.10. The van der Waals surface area contributed by atoms with Crippen molar-refractivity contribution in [3.63, 3.8) is 0 Å². The Morgan fingerprint density at radius 3 is 2.58 bits per heavy atom. The molecule has 0 spiro atoms. The molecule has 3 rings (SSSR count). The number of benzene rings is 2. The molecule has 2 aromatic rings. The summed E-state index contributed by atoms with van der Waals surface area (Å²) in [5, 5.41) is 13.4. The number of nitro benzene ring substituents is 1. The van der Waals surface area contributed by atoms with Gasteiger partial charge in [0.1, 0.15) is 5.82 Å². The molecular formula is C17H13BrFN3O4. The molecule has 7 nitrogen and oxygen atoms in total. The van der Waals surface area contributed by atoms with Crippen LogP contribution in [0.15, 0.2) is 46.9 Å². The van der Waals surface area contributed by atoms with Crippen molar-refractivity contribution in [3.05, 3.63) is 62.9 Å². The van der Waals surface area contributed by atoms with Crippen molar-refractivity contribution in [2.24, 2.45) is 5.92 Å². The summed E-state index contributed by atoms with van der Waals surface area (Å²) >= 11 is 3.19. The van der Waals surface area contributed by atoms with Gasteiger partial charge >= 0.3 is 0 Å². The van der Waals surface area contributed by atoms with Gasteiger partial charge in [0.05, 0.1) is 16.5 Å². The molecule has 134 valence electrons. The molecule has 1 saturated heterocycles. The minimum Gasteiger partial charge on any atom is -0.325 e. The zero-order chi connectivity index (χ0) is 18.8. The van der Waals surface area contributed by atoms with Gasteiger partial charge in [-0.05, 0) is 46.3 Å². The second-order valence-electron chi connectivity index (χ2n) is 5.79. The Balaban J connectivity index is 1.70. The van der Waals surface area contributed by atoms with Gasteiger partial charge in [0.2, 0.25) is 11.8 Å². The lowest BCUT2D eigenvalue weighted by Gasteiger charge is -2.16. The average molecular weight is 422 g/mol. The number of nitrogens with one attached hydrogen (secondary N) is 1. The van der Waals surface area contributed by atoms with Crippen LogP contribution in [0.4, 0.5) is 21.5 Å². The number of rotatable bonds is 4. The molecule has 1 heterocycles. The lowest BCUT2D eigenvalue weighted by atomic mass is 10.1. The molecule has 1 aliphatic heterocycles. The summed E-state index contributed by atoms with van der Waals surface area (Å²) in [5.41, 5.74) is 0.810. The highest BCUT2D eigenvalue weighted by Gasteiger charge is 2.35. The van der Waals surface area contributed by atoms with Gasteiger partial charge in [0.15, 0.2) is 0 Å². The topological polar surface area (TPSA) is 92.5 Å². The number of carbonyl (C=O) groups is 2. The van der Waals surface area contributed by atoms with Crippen LogP contribution < -0.4 is 10.2 Å². The minimum atomic E-state index is -0.574. The number of hydrogen-bond donors (Lipinski definition) is 1. The molecule has 2 aromatic carbocycles. The maximum absolute atomic E-state index is 13.0. The Morgan fingerprint density at radius 1 is 1.27 bits per heavy atom. The lowest BCUT2D eigenvalue weighted by Crippen LogP contribution is -2.28. The van der Waals surface area contributed by atoms with E-state index in [1.54, 1.807) is 0 Å².